The zero-order valence-electron chi connectivity index (χ0n) is 11.7. The Labute approximate surface area is 123 Å². The van der Waals surface area contributed by atoms with Crippen LogP contribution in [-0.4, -0.2) is 31.6 Å². The molecule has 1 aromatic heterocycles. The molecule has 1 aliphatic rings. The van der Waals surface area contributed by atoms with E-state index in [0.717, 1.165) is 35.6 Å². The summed E-state index contributed by atoms with van der Waals surface area (Å²) in [6, 6.07) is 3.62. The summed E-state index contributed by atoms with van der Waals surface area (Å²) in [6.45, 7) is 0.821. The van der Waals surface area contributed by atoms with E-state index in [1.54, 1.807) is 6.07 Å². The molecule has 1 aromatic rings. The average Bonchev–Trinajstić information content (AvgIpc) is 2.94. The van der Waals surface area contributed by atoms with Crippen LogP contribution in [-0.2, 0) is 20.7 Å². The highest BCUT2D eigenvalue weighted by atomic mass is 32.1. The number of thiophene rings is 1. The summed E-state index contributed by atoms with van der Waals surface area (Å²) in [6.07, 6.45) is 5.17. The summed E-state index contributed by atoms with van der Waals surface area (Å²) in [5.41, 5.74) is 0. The van der Waals surface area contributed by atoms with Gasteiger partial charge in [-0.3, -0.25) is 9.59 Å². The van der Waals surface area contributed by atoms with Crippen molar-refractivity contribution >= 4 is 23.1 Å². The van der Waals surface area contributed by atoms with E-state index in [2.05, 4.69) is 4.74 Å². The van der Waals surface area contributed by atoms with Crippen molar-refractivity contribution in [1.82, 2.24) is 0 Å². The third-order valence-electron chi connectivity index (χ3n) is 3.45. The highest BCUT2D eigenvalue weighted by Crippen LogP contribution is 2.22. The largest absolute Gasteiger partial charge is 0.469 e. The molecule has 0 amide bonds. The second-order valence-corrected chi connectivity index (χ2v) is 6.14. The third-order valence-corrected chi connectivity index (χ3v) is 4.58. The van der Waals surface area contributed by atoms with Gasteiger partial charge in [0, 0.05) is 17.9 Å². The fraction of sp³-hybridized carbons (Fsp3) is 0.600. The number of hydrogen-bond acceptors (Lipinski definition) is 5. The summed E-state index contributed by atoms with van der Waals surface area (Å²) in [5.74, 6) is -0.137. The summed E-state index contributed by atoms with van der Waals surface area (Å²) in [4.78, 5) is 24.9. The predicted molar refractivity (Wildman–Crippen MR) is 77.2 cm³/mol. The van der Waals surface area contributed by atoms with Crippen molar-refractivity contribution in [3.63, 3.8) is 0 Å². The molecule has 110 valence electrons. The van der Waals surface area contributed by atoms with Crippen LogP contribution in [0, 0.1) is 0 Å². The van der Waals surface area contributed by atoms with Gasteiger partial charge in [-0.1, -0.05) is 0 Å². The van der Waals surface area contributed by atoms with Crippen LogP contribution in [0.15, 0.2) is 12.1 Å². The van der Waals surface area contributed by atoms with E-state index in [1.807, 2.05) is 6.07 Å². The van der Waals surface area contributed by atoms with Crippen LogP contribution >= 0.6 is 11.3 Å². The molecule has 0 radical (unpaired) electrons. The van der Waals surface area contributed by atoms with Crippen molar-refractivity contribution in [2.24, 2.45) is 0 Å². The predicted octanol–water partition coefficient (Wildman–Crippen LogP) is 3.00. The molecule has 0 spiro atoms. The van der Waals surface area contributed by atoms with Crippen LogP contribution in [0.5, 0.6) is 0 Å². The van der Waals surface area contributed by atoms with Gasteiger partial charge in [0.1, 0.15) is 0 Å². The summed E-state index contributed by atoms with van der Waals surface area (Å²) >= 11 is 1.38. The molecule has 1 aliphatic heterocycles. The molecule has 1 saturated heterocycles. The Morgan fingerprint density at radius 3 is 2.95 bits per heavy atom. The van der Waals surface area contributed by atoms with Gasteiger partial charge in [0.2, 0.25) is 0 Å². The van der Waals surface area contributed by atoms with Gasteiger partial charge in [-0.25, -0.2) is 0 Å². The summed E-state index contributed by atoms with van der Waals surface area (Å²) in [7, 11) is 1.37. The molecule has 1 fully saturated rings. The van der Waals surface area contributed by atoms with E-state index in [1.165, 1.54) is 24.9 Å². The monoisotopic (exact) mass is 296 g/mol. The van der Waals surface area contributed by atoms with Gasteiger partial charge in [0.25, 0.3) is 0 Å². The summed E-state index contributed by atoms with van der Waals surface area (Å²) < 4.78 is 10.2. The van der Waals surface area contributed by atoms with Crippen molar-refractivity contribution in [3.8, 4) is 0 Å². The molecule has 20 heavy (non-hydrogen) atoms. The van der Waals surface area contributed by atoms with Gasteiger partial charge < -0.3 is 9.47 Å². The minimum atomic E-state index is -0.276. The molecule has 0 bridgehead atoms. The first-order valence-electron chi connectivity index (χ1n) is 6.99. The van der Waals surface area contributed by atoms with Crippen molar-refractivity contribution < 1.29 is 19.1 Å². The highest BCUT2D eigenvalue weighted by molar-refractivity contribution is 7.14. The van der Waals surface area contributed by atoms with Crippen LogP contribution < -0.4 is 0 Å². The second-order valence-electron chi connectivity index (χ2n) is 4.97. The Morgan fingerprint density at radius 1 is 1.40 bits per heavy atom. The molecular formula is C15H20O4S. The molecule has 0 N–H and O–H groups in total. The number of methoxy groups -OCH3 is 1. The van der Waals surface area contributed by atoms with Gasteiger partial charge in [0.05, 0.1) is 24.5 Å². The highest BCUT2D eigenvalue weighted by Gasteiger charge is 2.17. The Bertz CT molecular complexity index is 460. The lowest BCUT2D eigenvalue weighted by atomic mass is 10.0. The SMILES string of the molecule is COC(=O)Cc1ccc(C(=O)CCC2CCCCO2)s1. The number of rotatable bonds is 6. The molecule has 0 aliphatic carbocycles. The first-order valence-corrected chi connectivity index (χ1v) is 7.81. The van der Waals surface area contributed by atoms with Gasteiger partial charge in [0.15, 0.2) is 5.78 Å². The topological polar surface area (TPSA) is 52.6 Å². The zero-order valence-corrected chi connectivity index (χ0v) is 12.5. The molecule has 0 saturated carbocycles. The molecule has 1 atom stereocenters. The Morgan fingerprint density at radius 2 is 2.25 bits per heavy atom. The maximum Gasteiger partial charge on any atom is 0.310 e. The number of carbonyl (C=O) groups is 2. The van der Waals surface area contributed by atoms with Crippen molar-refractivity contribution in [3.05, 3.63) is 21.9 Å². The van der Waals surface area contributed by atoms with Crippen LogP contribution in [0.25, 0.3) is 0 Å². The fourth-order valence-electron chi connectivity index (χ4n) is 2.29. The molecule has 2 heterocycles. The van der Waals surface area contributed by atoms with Crippen LogP contribution in [0.4, 0.5) is 0 Å². The van der Waals surface area contributed by atoms with Crippen LogP contribution in [0.1, 0.15) is 46.7 Å². The van der Waals surface area contributed by atoms with Crippen LogP contribution in [0.3, 0.4) is 0 Å². The van der Waals surface area contributed by atoms with Crippen molar-refractivity contribution in [1.29, 1.82) is 0 Å². The fourth-order valence-corrected chi connectivity index (χ4v) is 3.25. The number of hydrogen-bond donors (Lipinski definition) is 0. The Balaban J connectivity index is 1.81. The first-order chi connectivity index (χ1) is 9.69. The first kappa shape index (κ1) is 15.2. The maximum absolute atomic E-state index is 12.1. The number of carbonyl (C=O) groups excluding carboxylic acids is 2. The third kappa shape index (κ3) is 4.42. The number of ketones is 1. The minimum Gasteiger partial charge on any atom is -0.469 e. The van der Waals surface area contributed by atoms with Gasteiger partial charge in [-0.15, -0.1) is 11.3 Å². The van der Waals surface area contributed by atoms with Crippen LogP contribution in [0.2, 0.25) is 0 Å². The maximum atomic E-state index is 12.1. The molecule has 0 aromatic carbocycles. The standard InChI is InChI=1S/C15H20O4S/c1-18-15(17)10-12-6-8-14(20-12)13(16)7-5-11-4-2-3-9-19-11/h6,8,11H,2-5,7,9-10H2,1H3. The van der Waals surface area contributed by atoms with Gasteiger partial charge >= 0.3 is 5.97 Å². The molecule has 4 nitrogen and oxygen atoms in total. The molecule has 1 unspecified atom stereocenters. The smallest absolute Gasteiger partial charge is 0.310 e. The van der Waals surface area contributed by atoms with Crippen molar-refractivity contribution in [2.45, 2.75) is 44.6 Å². The number of ether oxygens (including phenoxy) is 2. The minimum absolute atomic E-state index is 0.139. The summed E-state index contributed by atoms with van der Waals surface area (Å²) in [5, 5.41) is 0. The lowest BCUT2D eigenvalue weighted by Crippen LogP contribution is -2.19. The van der Waals surface area contributed by atoms with E-state index in [9.17, 15) is 9.59 Å². The number of Topliss-reactive ketones (excluding diaryl/α,β-unsaturated/α-hetero) is 1. The molecule has 5 heteroatoms. The van der Waals surface area contributed by atoms with E-state index >= 15 is 0 Å². The van der Waals surface area contributed by atoms with E-state index in [4.69, 9.17) is 4.74 Å². The van der Waals surface area contributed by atoms with E-state index in [0.29, 0.717) is 6.42 Å². The van der Waals surface area contributed by atoms with Gasteiger partial charge in [-0.05, 0) is 37.8 Å². The quantitative estimate of drug-likeness (QED) is 0.598. The second kappa shape index (κ2) is 7.55. The van der Waals surface area contributed by atoms with E-state index < -0.39 is 0 Å². The zero-order chi connectivity index (χ0) is 14.4. The average molecular weight is 296 g/mol. The molecular weight excluding hydrogens is 276 g/mol. The van der Waals surface area contributed by atoms with E-state index in [-0.39, 0.29) is 24.3 Å². The van der Waals surface area contributed by atoms with Crippen molar-refractivity contribution in [2.75, 3.05) is 13.7 Å². The lowest BCUT2D eigenvalue weighted by molar-refractivity contribution is -0.139. The number of esters is 1. The Hall–Kier alpha value is -1.20. The van der Waals surface area contributed by atoms with Gasteiger partial charge in [-0.2, -0.15) is 0 Å². The lowest BCUT2D eigenvalue weighted by Gasteiger charge is -2.21. The Kier molecular flexibility index (Phi) is 5.73. The normalized spacial score (nSPS) is 18.8. The molecule has 2 rings (SSSR count).